The lowest BCUT2D eigenvalue weighted by Gasteiger charge is -2.30. The van der Waals surface area contributed by atoms with E-state index in [4.69, 9.17) is 27.5 Å². The number of carbonyl (C=O) groups is 1. The Morgan fingerprint density at radius 1 is 1.40 bits per heavy atom. The molecule has 7 heteroatoms. The van der Waals surface area contributed by atoms with Crippen LogP contribution >= 0.6 is 11.6 Å². The van der Waals surface area contributed by atoms with Crippen LogP contribution in [0, 0.1) is 29.1 Å². The molecule has 0 bridgehead atoms. The highest BCUT2D eigenvalue weighted by Gasteiger charge is 2.29. The molecule has 1 aromatic rings. The first-order chi connectivity index (χ1) is 16.8. The van der Waals surface area contributed by atoms with E-state index >= 15 is 0 Å². The summed E-state index contributed by atoms with van der Waals surface area (Å²) in [5, 5.41) is 8.17. The minimum Gasteiger partial charge on any atom is -0.382 e. The van der Waals surface area contributed by atoms with Crippen molar-refractivity contribution in [2.75, 3.05) is 20.1 Å². The van der Waals surface area contributed by atoms with Crippen LogP contribution in [-0.2, 0) is 4.79 Å². The third-order valence-corrected chi connectivity index (χ3v) is 7.11. The molecular formula is C28H38ClN5O. The number of allylic oxidation sites excluding steroid dienone is 5. The second-order valence-corrected chi connectivity index (χ2v) is 9.24. The number of carbonyl (C=O) groups excluding carboxylic acids is 1. The van der Waals surface area contributed by atoms with Gasteiger partial charge < -0.3 is 15.6 Å². The van der Waals surface area contributed by atoms with Crippen molar-refractivity contribution in [3.63, 3.8) is 0 Å². The summed E-state index contributed by atoms with van der Waals surface area (Å²) in [7, 11) is 2.14. The monoisotopic (exact) mass is 495 g/mol. The van der Waals surface area contributed by atoms with E-state index in [1.54, 1.807) is 0 Å². The molecule has 1 aromatic heterocycles. The van der Waals surface area contributed by atoms with Gasteiger partial charge in [-0.05, 0) is 62.9 Å². The van der Waals surface area contributed by atoms with Crippen LogP contribution in [0.3, 0.4) is 0 Å². The lowest BCUT2D eigenvalue weighted by molar-refractivity contribution is -0.104. The lowest BCUT2D eigenvalue weighted by atomic mass is 9.77. The van der Waals surface area contributed by atoms with Crippen molar-refractivity contribution in [1.29, 1.82) is 5.41 Å². The molecule has 1 saturated heterocycles. The highest BCUT2D eigenvalue weighted by Crippen LogP contribution is 2.40. The van der Waals surface area contributed by atoms with E-state index in [-0.39, 0.29) is 11.8 Å². The van der Waals surface area contributed by atoms with E-state index in [0.29, 0.717) is 23.8 Å². The summed E-state index contributed by atoms with van der Waals surface area (Å²) in [4.78, 5) is 18.8. The number of hydrogen-bond donors (Lipinski definition) is 3. The average molecular weight is 496 g/mol. The third-order valence-electron chi connectivity index (χ3n) is 6.64. The Kier molecular flexibility index (Phi) is 11.2. The molecule has 1 fully saturated rings. The number of rotatable bonds is 7. The summed E-state index contributed by atoms with van der Waals surface area (Å²) >= 11 is 6.83. The molecule has 0 amide bonds. The van der Waals surface area contributed by atoms with Crippen molar-refractivity contribution in [2.24, 2.45) is 22.6 Å². The first-order valence-electron chi connectivity index (χ1n) is 12.3. The molecule has 3 unspecified atom stereocenters. The van der Waals surface area contributed by atoms with E-state index in [9.17, 15) is 0 Å². The fraction of sp³-hybridized carbons (Fsp3) is 0.464. The molecule has 0 saturated carbocycles. The Hall–Kier alpha value is -2.88. The summed E-state index contributed by atoms with van der Waals surface area (Å²) in [6.07, 6.45) is 9.10. The molecule has 188 valence electrons. The van der Waals surface area contributed by atoms with Crippen LogP contribution in [0.4, 0.5) is 0 Å². The summed E-state index contributed by atoms with van der Waals surface area (Å²) in [5.41, 5.74) is 11.4. The predicted molar refractivity (Wildman–Crippen MR) is 147 cm³/mol. The van der Waals surface area contributed by atoms with Gasteiger partial charge in [0.1, 0.15) is 18.5 Å². The van der Waals surface area contributed by atoms with Crippen LogP contribution in [0.15, 0.2) is 46.0 Å². The van der Waals surface area contributed by atoms with Gasteiger partial charge in [-0.15, -0.1) is 0 Å². The maximum Gasteiger partial charge on any atom is 0.150 e. The van der Waals surface area contributed by atoms with Gasteiger partial charge >= 0.3 is 0 Å². The zero-order valence-electron chi connectivity index (χ0n) is 21.3. The van der Waals surface area contributed by atoms with E-state index < -0.39 is 0 Å². The molecule has 35 heavy (non-hydrogen) atoms. The topological polar surface area (TPSA) is 98.3 Å². The van der Waals surface area contributed by atoms with E-state index in [2.05, 4.69) is 73.3 Å². The van der Waals surface area contributed by atoms with Gasteiger partial charge in [0.05, 0.1) is 17.2 Å². The zero-order valence-corrected chi connectivity index (χ0v) is 22.1. The van der Waals surface area contributed by atoms with Gasteiger partial charge in [-0.3, -0.25) is 10.2 Å². The SMILES string of the molecule is C=CC=O.CCC1=CC(CC)=C(Cl)C(C#Cc2cc(C3CCN(C)C3)[nH]c2C(N)=NC=N)C1CC. The number of aldehydes is 1. The van der Waals surface area contributed by atoms with Gasteiger partial charge in [0, 0.05) is 23.2 Å². The summed E-state index contributed by atoms with van der Waals surface area (Å²) in [5.74, 6) is 7.91. The number of nitrogens with zero attached hydrogens (tertiary/aromatic N) is 2. The number of amidine groups is 1. The van der Waals surface area contributed by atoms with Gasteiger partial charge in [0.15, 0.2) is 0 Å². The van der Waals surface area contributed by atoms with Gasteiger partial charge in [-0.25, -0.2) is 4.99 Å². The molecule has 0 spiro atoms. The number of likely N-dealkylation sites (N-methyl/N-ethyl adjacent to an activating group) is 1. The number of aromatic amines is 1. The zero-order chi connectivity index (χ0) is 26.0. The predicted octanol–water partition coefficient (Wildman–Crippen LogP) is 5.36. The first-order valence-corrected chi connectivity index (χ1v) is 12.6. The molecule has 0 aromatic carbocycles. The second kappa shape index (κ2) is 13.9. The number of nitrogens with two attached hydrogens (primary N) is 1. The highest BCUT2D eigenvalue weighted by atomic mass is 35.5. The van der Waals surface area contributed by atoms with Crippen LogP contribution in [0.25, 0.3) is 0 Å². The minimum atomic E-state index is -0.00807. The number of likely N-dealkylation sites (tertiary alicyclic amines) is 1. The van der Waals surface area contributed by atoms with Crippen LogP contribution in [0.1, 0.15) is 69.3 Å². The van der Waals surface area contributed by atoms with Gasteiger partial charge in [0.2, 0.25) is 0 Å². The third kappa shape index (κ3) is 7.06. The van der Waals surface area contributed by atoms with Crippen molar-refractivity contribution >= 4 is 30.1 Å². The molecular weight excluding hydrogens is 458 g/mol. The Morgan fingerprint density at radius 3 is 2.63 bits per heavy atom. The maximum absolute atomic E-state index is 9.06. The van der Waals surface area contributed by atoms with Crippen molar-refractivity contribution in [3.8, 4) is 11.8 Å². The molecule has 4 N–H and O–H groups in total. The highest BCUT2D eigenvalue weighted by molar-refractivity contribution is 6.30. The lowest BCUT2D eigenvalue weighted by Crippen LogP contribution is -2.20. The van der Waals surface area contributed by atoms with Crippen LogP contribution in [0.5, 0.6) is 0 Å². The normalized spacial score (nSPS) is 22.5. The fourth-order valence-electron chi connectivity index (χ4n) is 4.76. The number of hydrogen-bond acceptors (Lipinski definition) is 3. The van der Waals surface area contributed by atoms with Crippen molar-refractivity contribution in [1.82, 2.24) is 9.88 Å². The largest absolute Gasteiger partial charge is 0.382 e. The molecule has 2 heterocycles. The Balaban J connectivity index is 0.00000100. The van der Waals surface area contributed by atoms with Crippen molar-refractivity contribution < 1.29 is 4.79 Å². The molecule has 2 aliphatic rings. The minimum absolute atomic E-state index is 0.00807. The average Bonchev–Trinajstić information content (AvgIpc) is 3.49. The summed E-state index contributed by atoms with van der Waals surface area (Å²) < 4.78 is 0. The quantitative estimate of drug-likeness (QED) is 0.156. The number of aliphatic imine (C=N–C) groups is 1. The first kappa shape index (κ1) is 28.4. The van der Waals surface area contributed by atoms with Crippen molar-refractivity contribution in [3.05, 3.63) is 57.9 Å². The summed E-state index contributed by atoms with van der Waals surface area (Å²) in [6.45, 7) is 11.7. The van der Waals surface area contributed by atoms with Crippen LogP contribution < -0.4 is 5.73 Å². The number of aromatic nitrogens is 1. The molecule has 6 nitrogen and oxygen atoms in total. The number of H-pyrrole nitrogens is 1. The smallest absolute Gasteiger partial charge is 0.150 e. The molecule has 1 aliphatic carbocycles. The van der Waals surface area contributed by atoms with Crippen LogP contribution in [-0.4, -0.2) is 48.5 Å². The maximum atomic E-state index is 9.06. The molecule has 3 rings (SSSR count). The Labute approximate surface area is 214 Å². The Morgan fingerprint density at radius 2 is 2.11 bits per heavy atom. The van der Waals surface area contributed by atoms with E-state index in [0.717, 1.165) is 61.4 Å². The fourth-order valence-corrected chi connectivity index (χ4v) is 5.16. The van der Waals surface area contributed by atoms with Gasteiger partial charge in [0.25, 0.3) is 0 Å². The molecule has 1 aliphatic heterocycles. The number of halogens is 1. The number of nitrogens with one attached hydrogen (secondary N) is 2. The Bertz CT molecular complexity index is 1060. The second-order valence-electron chi connectivity index (χ2n) is 8.84. The van der Waals surface area contributed by atoms with Crippen molar-refractivity contribution in [2.45, 2.75) is 52.4 Å². The molecule has 0 radical (unpaired) electrons. The standard InChI is InChI=1S/C25H34ClN5.C3H4O/c1-5-16-12-17(6-2)23(26)21(20(16)7-3)9-8-18-13-22(19-10-11-31(4)14-19)30-24(18)25(28)29-15-27;1-2-3-4/h12-13,15,19-21,30H,5-7,10-11,14H2,1-4H3,(H3,27,28,29);2-3H,1H2. The van der Waals surface area contributed by atoms with Gasteiger partial charge in [-0.2, -0.15) is 0 Å². The summed E-state index contributed by atoms with van der Waals surface area (Å²) in [6, 6.07) is 2.11. The van der Waals surface area contributed by atoms with E-state index in [1.165, 1.54) is 17.2 Å². The van der Waals surface area contributed by atoms with E-state index in [1.807, 2.05) is 0 Å². The van der Waals surface area contributed by atoms with Crippen LogP contribution in [0.2, 0.25) is 0 Å². The molecule has 3 atom stereocenters. The van der Waals surface area contributed by atoms with Gasteiger partial charge in [-0.1, -0.05) is 62.4 Å².